The summed E-state index contributed by atoms with van der Waals surface area (Å²) in [5.41, 5.74) is 0. The molecule has 0 N–H and O–H groups in total. The standard InChI is InChI=1S/C13H23NO4/c1-6-8-14(9-12(15)18-7-2)11(4)10(3)13(16)17-5/h6,10-11H,1,7-9H2,2-5H3. The Bertz CT molecular complexity index is 291. The Morgan fingerprint density at radius 2 is 2.00 bits per heavy atom. The molecule has 0 heterocycles. The van der Waals surface area contributed by atoms with E-state index in [2.05, 4.69) is 6.58 Å². The molecule has 0 rings (SSSR count). The van der Waals surface area contributed by atoms with Crippen LogP contribution in [0.1, 0.15) is 20.8 Å². The Kier molecular flexibility index (Phi) is 8.03. The van der Waals surface area contributed by atoms with Crippen LogP contribution in [0.4, 0.5) is 0 Å². The lowest BCUT2D eigenvalue weighted by molar-refractivity contribution is -0.150. The number of esters is 2. The van der Waals surface area contributed by atoms with Gasteiger partial charge in [-0.1, -0.05) is 13.0 Å². The minimum absolute atomic E-state index is 0.125. The van der Waals surface area contributed by atoms with Crippen molar-refractivity contribution >= 4 is 11.9 Å². The number of ether oxygens (including phenoxy) is 2. The first-order chi connectivity index (χ1) is 8.47. The van der Waals surface area contributed by atoms with E-state index >= 15 is 0 Å². The molecule has 0 aromatic carbocycles. The maximum atomic E-state index is 11.5. The predicted molar refractivity (Wildman–Crippen MR) is 69.0 cm³/mol. The first-order valence-electron chi connectivity index (χ1n) is 6.06. The molecule has 0 aliphatic rings. The second-order valence-corrected chi connectivity index (χ2v) is 4.08. The van der Waals surface area contributed by atoms with Gasteiger partial charge in [-0.25, -0.2) is 0 Å². The summed E-state index contributed by atoms with van der Waals surface area (Å²) in [7, 11) is 1.36. The summed E-state index contributed by atoms with van der Waals surface area (Å²) < 4.78 is 9.61. The van der Waals surface area contributed by atoms with Crippen molar-refractivity contribution < 1.29 is 19.1 Å². The maximum absolute atomic E-state index is 11.5. The number of methoxy groups -OCH3 is 1. The Morgan fingerprint density at radius 1 is 1.39 bits per heavy atom. The second-order valence-electron chi connectivity index (χ2n) is 4.08. The number of nitrogens with zero attached hydrogens (tertiary/aromatic N) is 1. The summed E-state index contributed by atoms with van der Waals surface area (Å²) in [5.74, 6) is -0.909. The summed E-state index contributed by atoms with van der Waals surface area (Å²) >= 11 is 0. The van der Waals surface area contributed by atoms with Crippen molar-refractivity contribution in [2.45, 2.75) is 26.8 Å². The largest absolute Gasteiger partial charge is 0.469 e. The number of carbonyl (C=O) groups is 2. The fraction of sp³-hybridized carbons (Fsp3) is 0.692. The highest BCUT2D eigenvalue weighted by Crippen LogP contribution is 2.12. The van der Waals surface area contributed by atoms with Crippen LogP contribution in [0.2, 0.25) is 0 Å². The van der Waals surface area contributed by atoms with E-state index in [1.54, 1.807) is 19.9 Å². The molecule has 0 bridgehead atoms. The molecule has 2 atom stereocenters. The number of hydrogen-bond acceptors (Lipinski definition) is 5. The van der Waals surface area contributed by atoms with E-state index in [-0.39, 0.29) is 30.4 Å². The van der Waals surface area contributed by atoms with Gasteiger partial charge >= 0.3 is 11.9 Å². The van der Waals surface area contributed by atoms with Crippen molar-refractivity contribution in [2.75, 3.05) is 26.8 Å². The molecule has 0 radical (unpaired) electrons. The zero-order valence-electron chi connectivity index (χ0n) is 11.6. The average Bonchev–Trinajstić information content (AvgIpc) is 2.35. The topological polar surface area (TPSA) is 55.8 Å². The van der Waals surface area contributed by atoms with E-state index in [1.807, 2.05) is 11.8 Å². The van der Waals surface area contributed by atoms with Gasteiger partial charge in [-0.2, -0.15) is 0 Å². The van der Waals surface area contributed by atoms with E-state index in [0.29, 0.717) is 13.2 Å². The molecule has 0 saturated heterocycles. The number of carbonyl (C=O) groups excluding carboxylic acids is 2. The normalized spacial score (nSPS) is 13.8. The van der Waals surface area contributed by atoms with E-state index < -0.39 is 0 Å². The molecule has 0 saturated carbocycles. The van der Waals surface area contributed by atoms with Gasteiger partial charge in [0.25, 0.3) is 0 Å². The molecule has 0 aliphatic carbocycles. The molecular formula is C13H23NO4. The van der Waals surface area contributed by atoms with E-state index in [4.69, 9.17) is 9.47 Å². The van der Waals surface area contributed by atoms with Crippen molar-refractivity contribution in [3.8, 4) is 0 Å². The van der Waals surface area contributed by atoms with Gasteiger partial charge in [-0.05, 0) is 13.8 Å². The van der Waals surface area contributed by atoms with Crippen molar-refractivity contribution in [1.29, 1.82) is 0 Å². The lowest BCUT2D eigenvalue weighted by Crippen LogP contribution is -2.44. The van der Waals surface area contributed by atoms with Gasteiger partial charge < -0.3 is 9.47 Å². The molecular weight excluding hydrogens is 234 g/mol. The van der Waals surface area contributed by atoms with E-state index in [0.717, 1.165) is 0 Å². The molecule has 18 heavy (non-hydrogen) atoms. The van der Waals surface area contributed by atoms with Gasteiger partial charge in [0.1, 0.15) is 0 Å². The summed E-state index contributed by atoms with van der Waals surface area (Å²) in [4.78, 5) is 24.8. The quantitative estimate of drug-likeness (QED) is 0.483. The third-order valence-electron chi connectivity index (χ3n) is 2.87. The highest BCUT2D eigenvalue weighted by atomic mass is 16.5. The van der Waals surface area contributed by atoms with Crippen LogP contribution in [-0.4, -0.2) is 49.7 Å². The summed E-state index contributed by atoms with van der Waals surface area (Å²) in [6.07, 6.45) is 1.69. The van der Waals surface area contributed by atoms with Crippen LogP contribution in [-0.2, 0) is 19.1 Å². The van der Waals surface area contributed by atoms with Crippen LogP contribution in [0.15, 0.2) is 12.7 Å². The van der Waals surface area contributed by atoms with E-state index in [1.165, 1.54) is 7.11 Å². The van der Waals surface area contributed by atoms with Gasteiger partial charge in [0.15, 0.2) is 0 Å². The van der Waals surface area contributed by atoms with Crippen molar-refractivity contribution in [3.63, 3.8) is 0 Å². The highest BCUT2D eigenvalue weighted by Gasteiger charge is 2.27. The van der Waals surface area contributed by atoms with Crippen molar-refractivity contribution in [3.05, 3.63) is 12.7 Å². The van der Waals surface area contributed by atoms with Gasteiger partial charge in [0.05, 0.1) is 26.2 Å². The van der Waals surface area contributed by atoms with Gasteiger partial charge in [0.2, 0.25) is 0 Å². The lowest BCUT2D eigenvalue weighted by atomic mass is 10.0. The molecule has 0 fully saturated rings. The Balaban J connectivity index is 4.61. The molecule has 2 unspecified atom stereocenters. The Hall–Kier alpha value is -1.36. The molecule has 0 aliphatic heterocycles. The van der Waals surface area contributed by atoms with Gasteiger partial charge in [0, 0.05) is 12.6 Å². The third-order valence-corrected chi connectivity index (χ3v) is 2.87. The van der Waals surface area contributed by atoms with Crippen LogP contribution in [0.3, 0.4) is 0 Å². The molecule has 0 aromatic heterocycles. The number of rotatable bonds is 8. The van der Waals surface area contributed by atoms with Crippen LogP contribution in [0.25, 0.3) is 0 Å². The fourth-order valence-corrected chi connectivity index (χ4v) is 1.61. The molecule has 0 aromatic rings. The first kappa shape index (κ1) is 16.6. The second kappa shape index (κ2) is 8.69. The average molecular weight is 257 g/mol. The summed E-state index contributed by atoms with van der Waals surface area (Å²) in [6, 6.07) is -0.125. The van der Waals surface area contributed by atoms with Crippen LogP contribution in [0, 0.1) is 5.92 Å². The molecule has 0 amide bonds. The Morgan fingerprint density at radius 3 is 2.44 bits per heavy atom. The SMILES string of the molecule is C=CCN(CC(=O)OCC)C(C)C(C)C(=O)OC. The Labute approximate surface area is 109 Å². The van der Waals surface area contributed by atoms with Crippen LogP contribution < -0.4 is 0 Å². The maximum Gasteiger partial charge on any atom is 0.320 e. The van der Waals surface area contributed by atoms with Gasteiger partial charge in [-0.15, -0.1) is 6.58 Å². The van der Waals surface area contributed by atoms with Crippen LogP contribution in [0.5, 0.6) is 0 Å². The molecule has 5 heteroatoms. The molecule has 104 valence electrons. The highest BCUT2D eigenvalue weighted by molar-refractivity contribution is 5.73. The number of hydrogen-bond donors (Lipinski definition) is 0. The fourth-order valence-electron chi connectivity index (χ4n) is 1.61. The monoisotopic (exact) mass is 257 g/mol. The van der Waals surface area contributed by atoms with Crippen molar-refractivity contribution in [2.24, 2.45) is 5.92 Å². The third kappa shape index (κ3) is 5.31. The summed E-state index contributed by atoms with van der Waals surface area (Å²) in [6.45, 7) is 10.1. The minimum atomic E-state index is -0.315. The molecule has 5 nitrogen and oxygen atoms in total. The smallest absolute Gasteiger partial charge is 0.320 e. The summed E-state index contributed by atoms with van der Waals surface area (Å²) in [5, 5.41) is 0. The van der Waals surface area contributed by atoms with E-state index in [9.17, 15) is 9.59 Å². The zero-order chi connectivity index (χ0) is 14.1. The van der Waals surface area contributed by atoms with Crippen molar-refractivity contribution in [1.82, 2.24) is 4.90 Å². The van der Waals surface area contributed by atoms with Gasteiger partial charge in [-0.3, -0.25) is 14.5 Å². The molecule has 0 spiro atoms. The van der Waals surface area contributed by atoms with Crippen LogP contribution >= 0.6 is 0 Å². The first-order valence-corrected chi connectivity index (χ1v) is 6.06. The zero-order valence-corrected chi connectivity index (χ0v) is 11.6. The predicted octanol–water partition coefficient (Wildman–Crippen LogP) is 1.24. The minimum Gasteiger partial charge on any atom is -0.469 e. The lowest BCUT2D eigenvalue weighted by Gasteiger charge is -2.30.